The van der Waals surface area contributed by atoms with Crippen molar-refractivity contribution in [2.24, 2.45) is 11.7 Å². The van der Waals surface area contributed by atoms with Crippen molar-refractivity contribution in [3.63, 3.8) is 0 Å². The molecule has 3 heteroatoms. The number of hydrogen-bond acceptors (Lipinski definition) is 2. The van der Waals surface area contributed by atoms with Crippen LogP contribution in [0.4, 0.5) is 0 Å². The predicted molar refractivity (Wildman–Crippen MR) is 77.4 cm³/mol. The topological polar surface area (TPSA) is 40.2 Å². The van der Waals surface area contributed by atoms with E-state index in [0.717, 1.165) is 0 Å². The fourth-order valence-electron chi connectivity index (χ4n) is 1.96. The maximum Gasteiger partial charge on any atom is 0.122 e. The summed E-state index contributed by atoms with van der Waals surface area (Å²) in [6.07, 6.45) is 4.08. The van der Waals surface area contributed by atoms with E-state index in [9.17, 15) is 0 Å². The lowest BCUT2D eigenvalue weighted by molar-refractivity contribution is 0.0641. The second-order valence-corrected chi connectivity index (χ2v) is 5.19. The highest BCUT2D eigenvalue weighted by molar-refractivity contribution is 5.15. The van der Waals surface area contributed by atoms with Crippen molar-refractivity contribution >= 4 is 0 Å². The molecule has 1 aromatic carbocycles. The molecule has 1 aromatic heterocycles. The van der Waals surface area contributed by atoms with Gasteiger partial charge in [-0.25, -0.2) is 0 Å². The predicted octanol–water partition coefficient (Wildman–Crippen LogP) is 3.32. The standard InChI is InChI=1S/C16H22N2O/c1-13(2)16(17)15-8-9-18(10-15)12-19-11-14-6-4-3-5-7-14/h3-10,13,16H,11-12,17H2,1-2H3. The Hall–Kier alpha value is -1.58. The van der Waals surface area contributed by atoms with Gasteiger partial charge in [0, 0.05) is 18.4 Å². The molecule has 0 aliphatic heterocycles. The van der Waals surface area contributed by atoms with E-state index in [1.807, 2.05) is 29.0 Å². The molecule has 1 atom stereocenters. The number of benzene rings is 1. The van der Waals surface area contributed by atoms with Crippen molar-refractivity contribution in [3.8, 4) is 0 Å². The van der Waals surface area contributed by atoms with Gasteiger partial charge in [-0.2, -0.15) is 0 Å². The highest BCUT2D eigenvalue weighted by atomic mass is 16.5. The van der Waals surface area contributed by atoms with Gasteiger partial charge < -0.3 is 15.0 Å². The summed E-state index contributed by atoms with van der Waals surface area (Å²) in [6, 6.07) is 12.3. The van der Waals surface area contributed by atoms with Gasteiger partial charge in [0.25, 0.3) is 0 Å². The fourth-order valence-corrected chi connectivity index (χ4v) is 1.96. The Labute approximate surface area is 115 Å². The molecule has 2 aromatic rings. The smallest absolute Gasteiger partial charge is 0.122 e. The first-order chi connectivity index (χ1) is 9.16. The Bertz CT molecular complexity index is 490. The molecule has 0 fully saturated rings. The van der Waals surface area contributed by atoms with E-state index in [0.29, 0.717) is 19.3 Å². The zero-order valence-electron chi connectivity index (χ0n) is 11.6. The molecule has 0 aliphatic carbocycles. The SMILES string of the molecule is CC(C)C(N)c1ccn(COCc2ccccc2)c1. The molecule has 3 nitrogen and oxygen atoms in total. The van der Waals surface area contributed by atoms with E-state index in [4.69, 9.17) is 10.5 Å². The number of aromatic nitrogens is 1. The van der Waals surface area contributed by atoms with Crippen LogP contribution in [-0.2, 0) is 18.1 Å². The largest absolute Gasteiger partial charge is 0.356 e. The molecule has 0 saturated heterocycles. The number of nitrogens with two attached hydrogens (primary N) is 1. The first-order valence-electron chi connectivity index (χ1n) is 6.69. The first-order valence-corrected chi connectivity index (χ1v) is 6.69. The van der Waals surface area contributed by atoms with Gasteiger partial charge in [0.05, 0.1) is 6.61 Å². The Morgan fingerprint density at radius 2 is 1.89 bits per heavy atom. The second kappa shape index (κ2) is 6.55. The average Bonchev–Trinajstić information content (AvgIpc) is 2.88. The van der Waals surface area contributed by atoms with Crippen LogP contribution in [0.5, 0.6) is 0 Å². The zero-order valence-corrected chi connectivity index (χ0v) is 11.6. The summed E-state index contributed by atoms with van der Waals surface area (Å²) in [4.78, 5) is 0. The third-order valence-electron chi connectivity index (χ3n) is 3.23. The summed E-state index contributed by atoms with van der Waals surface area (Å²) in [5.41, 5.74) is 8.47. The van der Waals surface area contributed by atoms with Crippen molar-refractivity contribution in [1.82, 2.24) is 4.57 Å². The van der Waals surface area contributed by atoms with E-state index < -0.39 is 0 Å². The lowest BCUT2D eigenvalue weighted by atomic mass is 10.00. The van der Waals surface area contributed by atoms with E-state index in [2.05, 4.69) is 38.2 Å². The van der Waals surface area contributed by atoms with Crippen LogP contribution >= 0.6 is 0 Å². The van der Waals surface area contributed by atoms with Crippen molar-refractivity contribution in [2.75, 3.05) is 0 Å². The van der Waals surface area contributed by atoms with Crippen molar-refractivity contribution in [2.45, 2.75) is 33.2 Å². The normalized spacial score (nSPS) is 12.8. The lowest BCUT2D eigenvalue weighted by Gasteiger charge is -2.13. The van der Waals surface area contributed by atoms with Crippen molar-refractivity contribution in [1.29, 1.82) is 0 Å². The first kappa shape index (κ1) is 13.8. The minimum absolute atomic E-state index is 0.0929. The van der Waals surface area contributed by atoms with Crippen LogP contribution in [0.2, 0.25) is 0 Å². The number of ether oxygens (including phenoxy) is 1. The zero-order chi connectivity index (χ0) is 13.7. The van der Waals surface area contributed by atoms with Gasteiger partial charge in [0.2, 0.25) is 0 Å². The van der Waals surface area contributed by atoms with Crippen LogP contribution in [0.1, 0.15) is 31.0 Å². The minimum Gasteiger partial charge on any atom is -0.356 e. The van der Waals surface area contributed by atoms with Crippen molar-refractivity contribution < 1.29 is 4.74 Å². The van der Waals surface area contributed by atoms with Crippen LogP contribution in [0.15, 0.2) is 48.8 Å². The monoisotopic (exact) mass is 258 g/mol. The fraction of sp³-hybridized carbons (Fsp3) is 0.375. The van der Waals surface area contributed by atoms with Crippen LogP contribution in [0.25, 0.3) is 0 Å². The molecule has 1 heterocycles. The summed E-state index contributed by atoms with van der Waals surface area (Å²) in [6.45, 7) is 5.45. The lowest BCUT2D eigenvalue weighted by Crippen LogP contribution is -2.16. The molecular weight excluding hydrogens is 236 g/mol. The number of hydrogen-bond donors (Lipinski definition) is 1. The molecule has 0 radical (unpaired) electrons. The molecule has 102 valence electrons. The van der Waals surface area contributed by atoms with Crippen LogP contribution in [-0.4, -0.2) is 4.57 Å². The molecule has 2 rings (SSSR count). The van der Waals surface area contributed by atoms with Gasteiger partial charge in [0.15, 0.2) is 0 Å². The third-order valence-corrected chi connectivity index (χ3v) is 3.23. The van der Waals surface area contributed by atoms with Crippen LogP contribution in [0, 0.1) is 5.92 Å². The number of nitrogens with zero attached hydrogens (tertiary/aromatic N) is 1. The van der Waals surface area contributed by atoms with E-state index >= 15 is 0 Å². The Balaban J connectivity index is 1.84. The van der Waals surface area contributed by atoms with Crippen LogP contribution < -0.4 is 5.73 Å². The second-order valence-electron chi connectivity index (χ2n) is 5.19. The van der Waals surface area contributed by atoms with Crippen molar-refractivity contribution in [3.05, 3.63) is 59.9 Å². The highest BCUT2D eigenvalue weighted by Gasteiger charge is 2.11. The highest BCUT2D eigenvalue weighted by Crippen LogP contribution is 2.18. The molecule has 2 N–H and O–H groups in total. The maximum absolute atomic E-state index is 6.12. The molecule has 0 bridgehead atoms. The number of rotatable bonds is 6. The van der Waals surface area contributed by atoms with Gasteiger partial charge in [-0.05, 0) is 23.1 Å². The molecule has 0 saturated carbocycles. The van der Waals surface area contributed by atoms with E-state index in [1.54, 1.807) is 0 Å². The maximum atomic E-state index is 6.12. The van der Waals surface area contributed by atoms with Gasteiger partial charge in [-0.3, -0.25) is 0 Å². The van der Waals surface area contributed by atoms with Gasteiger partial charge >= 0.3 is 0 Å². The van der Waals surface area contributed by atoms with Gasteiger partial charge in [0.1, 0.15) is 6.73 Å². The molecule has 0 spiro atoms. The summed E-state index contributed by atoms with van der Waals surface area (Å²) in [5, 5.41) is 0. The summed E-state index contributed by atoms with van der Waals surface area (Å²) < 4.78 is 7.71. The summed E-state index contributed by atoms with van der Waals surface area (Å²) >= 11 is 0. The molecule has 0 amide bonds. The average molecular weight is 258 g/mol. The molecule has 0 aliphatic rings. The van der Waals surface area contributed by atoms with Gasteiger partial charge in [-0.15, -0.1) is 0 Å². The molecule has 19 heavy (non-hydrogen) atoms. The Kier molecular flexibility index (Phi) is 4.77. The molecular formula is C16H22N2O. The Morgan fingerprint density at radius 1 is 1.16 bits per heavy atom. The third kappa shape index (κ3) is 3.94. The van der Waals surface area contributed by atoms with Crippen LogP contribution in [0.3, 0.4) is 0 Å². The molecule has 1 unspecified atom stereocenters. The van der Waals surface area contributed by atoms with E-state index in [1.165, 1.54) is 11.1 Å². The van der Waals surface area contributed by atoms with E-state index in [-0.39, 0.29) is 6.04 Å². The minimum atomic E-state index is 0.0929. The summed E-state index contributed by atoms with van der Waals surface area (Å²) in [5.74, 6) is 0.445. The Morgan fingerprint density at radius 3 is 2.58 bits per heavy atom. The van der Waals surface area contributed by atoms with Gasteiger partial charge in [-0.1, -0.05) is 44.2 Å². The summed E-state index contributed by atoms with van der Waals surface area (Å²) in [7, 11) is 0. The quantitative estimate of drug-likeness (QED) is 0.863.